The highest BCUT2D eigenvalue weighted by molar-refractivity contribution is 8.02. The molecular formula is C16H12N2O4S. The molecule has 0 unspecified atom stereocenters. The zero-order valence-electron chi connectivity index (χ0n) is 11.9. The first-order valence-corrected chi connectivity index (χ1v) is 7.60. The predicted molar refractivity (Wildman–Crippen MR) is 83.2 cm³/mol. The van der Waals surface area contributed by atoms with Crippen LogP contribution in [-0.2, 0) is 16.1 Å². The molecule has 0 N–H and O–H groups in total. The lowest BCUT2D eigenvalue weighted by Crippen LogP contribution is -2.00. The van der Waals surface area contributed by atoms with Crippen LogP contribution in [0, 0.1) is 0 Å². The lowest BCUT2D eigenvalue weighted by Gasteiger charge is -1.97. The van der Waals surface area contributed by atoms with Gasteiger partial charge in [-0.3, -0.25) is 0 Å². The van der Waals surface area contributed by atoms with Crippen LogP contribution in [0.3, 0.4) is 0 Å². The van der Waals surface area contributed by atoms with Crippen LogP contribution in [-0.4, -0.2) is 16.2 Å². The Morgan fingerprint density at radius 3 is 2.83 bits per heavy atom. The number of furan rings is 1. The summed E-state index contributed by atoms with van der Waals surface area (Å²) in [6.07, 6.45) is 2.86. The third kappa shape index (κ3) is 4.33. The summed E-state index contributed by atoms with van der Waals surface area (Å²) in [5.74, 6) is 0.436. The van der Waals surface area contributed by atoms with Crippen molar-refractivity contribution in [2.75, 3.05) is 0 Å². The van der Waals surface area contributed by atoms with Crippen molar-refractivity contribution in [2.24, 2.45) is 0 Å². The van der Waals surface area contributed by atoms with E-state index in [9.17, 15) is 4.79 Å². The van der Waals surface area contributed by atoms with E-state index >= 15 is 0 Å². The van der Waals surface area contributed by atoms with E-state index in [1.54, 1.807) is 17.5 Å². The number of nitrogens with zero attached hydrogens (tertiary/aromatic N) is 2. The molecule has 3 aromatic rings. The minimum absolute atomic E-state index is 0.0904. The number of hydrogen-bond acceptors (Lipinski definition) is 7. The Morgan fingerprint density at radius 2 is 2.04 bits per heavy atom. The smallest absolute Gasteiger partial charge is 0.331 e. The molecule has 3 rings (SSSR count). The third-order valence-corrected chi connectivity index (χ3v) is 3.50. The molecule has 0 radical (unpaired) electrons. The molecular weight excluding hydrogens is 316 g/mol. The van der Waals surface area contributed by atoms with Crippen molar-refractivity contribution < 1.29 is 18.4 Å². The molecule has 0 aliphatic rings. The van der Waals surface area contributed by atoms with Crippen molar-refractivity contribution in [1.29, 1.82) is 0 Å². The molecule has 0 aliphatic carbocycles. The SMILES string of the molecule is O=C(/C=C/Sc1ccccc1)OCc1nnc(-c2ccco2)o1. The normalized spacial score (nSPS) is 11.0. The minimum Gasteiger partial charge on any atom is -0.459 e. The summed E-state index contributed by atoms with van der Waals surface area (Å²) in [4.78, 5) is 12.6. The van der Waals surface area contributed by atoms with Gasteiger partial charge in [0.05, 0.1) is 6.26 Å². The van der Waals surface area contributed by atoms with E-state index in [1.807, 2.05) is 30.3 Å². The molecule has 0 saturated heterocycles. The second-order valence-electron chi connectivity index (χ2n) is 4.32. The highest BCUT2D eigenvalue weighted by Crippen LogP contribution is 2.19. The fraction of sp³-hybridized carbons (Fsp3) is 0.0625. The van der Waals surface area contributed by atoms with Gasteiger partial charge in [-0.15, -0.1) is 10.2 Å². The van der Waals surface area contributed by atoms with E-state index in [4.69, 9.17) is 13.6 Å². The van der Waals surface area contributed by atoms with Gasteiger partial charge < -0.3 is 13.6 Å². The van der Waals surface area contributed by atoms with Crippen LogP contribution in [0.4, 0.5) is 0 Å². The summed E-state index contributed by atoms with van der Waals surface area (Å²) in [7, 11) is 0. The molecule has 0 atom stereocenters. The first-order valence-electron chi connectivity index (χ1n) is 6.72. The standard InChI is InChI=1S/C16H12N2O4S/c19-15(8-10-23-12-5-2-1-3-6-12)21-11-14-17-18-16(22-14)13-7-4-9-20-13/h1-10H,11H2/b10-8+. The number of esters is 1. The summed E-state index contributed by atoms with van der Waals surface area (Å²) < 4.78 is 15.5. The number of carbonyl (C=O) groups is 1. The summed E-state index contributed by atoms with van der Waals surface area (Å²) >= 11 is 1.43. The molecule has 7 heteroatoms. The summed E-state index contributed by atoms with van der Waals surface area (Å²) in [6, 6.07) is 13.1. The summed E-state index contributed by atoms with van der Waals surface area (Å²) in [5, 5.41) is 9.27. The minimum atomic E-state index is -0.480. The van der Waals surface area contributed by atoms with E-state index in [-0.39, 0.29) is 18.4 Å². The van der Waals surface area contributed by atoms with Crippen LogP contribution < -0.4 is 0 Å². The molecule has 0 aliphatic heterocycles. The molecule has 6 nitrogen and oxygen atoms in total. The molecule has 116 valence electrons. The summed E-state index contributed by atoms with van der Waals surface area (Å²) in [6.45, 7) is -0.0904. The van der Waals surface area contributed by atoms with Gasteiger partial charge in [0, 0.05) is 11.0 Å². The van der Waals surface area contributed by atoms with Crippen LogP contribution in [0.15, 0.2) is 73.9 Å². The zero-order valence-corrected chi connectivity index (χ0v) is 12.7. The van der Waals surface area contributed by atoms with Gasteiger partial charge in [-0.1, -0.05) is 30.0 Å². The van der Waals surface area contributed by atoms with Gasteiger partial charge in [0.1, 0.15) is 0 Å². The highest BCUT2D eigenvalue weighted by atomic mass is 32.2. The molecule has 23 heavy (non-hydrogen) atoms. The number of hydrogen-bond donors (Lipinski definition) is 0. The zero-order chi connectivity index (χ0) is 15.9. The van der Waals surface area contributed by atoms with Gasteiger partial charge in [-0.25, -0.2) is 4.79 Å². The molecule has 0 saturated carbocycles. The van der Waals surface area contributed by atoms with Crippen molar-refractivity contribution in [3.05, 3.63) is 66.1 Å². The first kappa shape index (κ1) is 15.1. The maximum Gasteiger partial charge on any atom is 0.331 e. The third-order valence-electron chi connectivity index (χ3n) is 2.69. The lowest BCUT2D eigenvalue weighted by molar-refractivity contribution is -0.139. The number of benzene rings is 1. The van der Waals surface area contributed by atoms with E-state index in [0.29, 0.717) is 5.76 Å². The second-order valence-corrected chi connectivity index (χ2v) is 5.30. The van der Waals surface area contributed by atoms with Gasteiger partial charge in [0.15, 0.2) is 12.4 Å². The van der Waals surface area contributed by atoms with Gasteiger partial charge in [-0.05, 0) is 29.7 Å². The van der Waals surface area contributed by atoms with Gasteiger partial charge >= 0.3 is 5.97 Å². The predicted octanol–water partition coefficient (Wildman–Crippen LogP) is 3.68. The molecule has 2 aromatic heterocycles. The van der Waals surface area contributed by atoms with E-state index in [0.717, 1.165) is 4.90 Å². The highest BCUT2D eigenvalue weighted by Gasteiger charge is 2.11. The molecule has 0 bridgehead atoms. The van der Waals surface area contributed by atoms with E-state index in [2.05, 4.69) is 10.2 Å². The van der Waals surface area contributed by atoms with Gasteiger partial charge in [-0.2, -0.15) is 0 Å². The average Bonchev–Trinajstić information content (AvgIpc) is 3.25. The number of ether oxygens (including phenoxy) is 1. The Hall–Kier alpha value is -2.80. The number of carbonyl (C=O) groups excluding carboxylic acids is 1. The lowest BCUT2D eigenvalue weighted by atomic mass is 10.4. The largest absolute Gasteiger partial charge is 0.459 e. The van der Waals surface area contributed by atoms with Crippen molar-refractivity contribution in [1.82, 2.24) is 10.2 Å². The fourth-order valence-corrected chi connectivity index (χ4v) is 2.31. The maximum atomic E-state index is 11.6. The Balaban J connectivity index is 1.47. The van der Waals surface area contributed by atoms with Crippen LogP contribution in [0.5, 0.6) is 0 Å². The second kappa shape index (κ2) is 7.46. The van der Waals surface area contributed by atoms with Gasteiger partial charge in [0.25, 0.3) is 11.8 Å². The number of rotatable bonds is 6. The van der Waals surface area contributed by atoms with Crippen LogP contribution in [0.1, 0.15) is 5.89 Å². The monoisotopic (exact) mass is 328 g/mol. The topological polar surface area (TPSA) is 78.4 Å². The fourth-order valence-electron chi connectivity index (χ4n) is 1.66. The molecule has 2 heterocycles. The van der Waals surface area contributed by atoms with Crippen molar-refractivity contribution in [3.8, 4) is 11.7 Å². The molecule has 0 spiro atoms. The van der Waals surface area contributed by atoms with E-state index in [1.165, 1.54) is 24.1 Å². The number of thioether (sulfide) groups is 1. The average molecular weight is 328 g/mol. The van der Waals surface area contributed by atoms with E-state index < -0.39 is 5.97 Å². The van der Waals surface area contributed by atoms with Crippen molar-refractivity contribution >= 4 is 17.7 Å². The summed E-state index contributed by atoms with van der Waals surface area (Å²) in [5.41, 5.74) is 0. The van der Waals surface area contributed by atoms with Crippen LogP contribution in [0.25, 0.3) is 11.7 Å². The molecule has 0 amide bonds. The van der Waals surface area contributed by atoms with Crippen LogP contribution in [0.2, 0.25) is 0 Å². The Bertz CT molecular complexity index is 782. The van der Waals surface area contributed by atoms with Gasteiger partial charge in [0.2, 0.25) is 0 Å². The maximum absolute atomic E-state index is 11.6. The first-order chi connectivity index (χ1) is 11.3. The van der Waals surface area contributed by atoms with Crippen molar-refractivity contribution in [2.45, 2.75) is 11.5 Å². The number of aromatic nitrogens is 2. The van der Waals surface area contributed by atoms with Crippen molar-refractivity contribution in [3.63, 3.8) is 0 Å². The van der Waals surface area contributed by atoms with Crippen LogP contribution >= 0.6 is 11.8 Å². The Kier molecular flexibility index (Phi) is 4.90. The quantitative estimate of drug-likeness (QED) is 0.388. The Morgan fingerprint density at radius 1 is 1.17 bits per heavy atom. The Labute approximate surface area is 136 Å². The molecule has 1 aromatic carbocycles. The molecule has 0 fully saturated rings.